The normalized spacial score (nSPS) is 11.4. The lowest BCUT2D eigenvalue weighted by molar-refractivity contribution is 0.601. The molecule has 2 N–H and O–H groups in total. The monoisotopic (exact) mass is 352 g/mol. The van der Waals surface area contributed by atoms with Crippen molar-refractivity contribution in [3.63, 3.8) is 0 Å². The molecule has 0 heterocycles. The molecule has 0 aromatic heterocycles. The topological polar surface area (TPSA) is 58.2 Å². The summed E-state index contributed by atoms with van der Waals surface area (Å²) in [5.74, 6) is 0. The summed E-state index contributed by atoms with van der Waals surface area (Å²) in [4.78, 5) is 0.190. The van der Waals surface area contributed by atoms with Gasteiger partial charge >= 0.3 is 0 Å². The minimum Gasteiger partial charge on any atom is -0.316 e. The smallest absolute Gasteiger partial charge is 0.261 e. The lowest BCUT2D eigenvalue weighted by Gasteiger charge is -2.09. The Morgan fingerprint density at radius 2 is 1.61 bits per heavy atom. The summed E-state index contributed by atoms with van der Waals surface area (Å²) in [6.45, 7) is 4.07. The Labute approximate surface area is 142 Å². The molecule has 2 rings (SSSR count). The van der Waals surface area contributed by atoms with E-state index >= 15 is 0 Å². The second kappa shape index (κ2) is 8.34. The van der Waals surface area contributed by atoms with Gasteiger partial charge in [0.05, 0.1) is 4.90 Å². The van der Waals surface area contributed by atoms with Gasteiger partial charge in [0.1, 0.15) is 0 Å². The van der Waals surface area contributed by atoms with Crippen LogP contribution in [0.25, 0.3) is 0 Å². The number of rotatable bonds is 8. The van der Waals surface area contributed by atoms with Crippen LogP contribution < -0.4 is 10.0 Å². The summed E-state index contributed by atoms with van der Waals surface area (Å²) in [5.41, 5.74) is 1.72. The highest BCUT2D eigenvalue weighted by Gasteiger charge is 2.13. The molecule has 0 aliphatic rings. The van der Waals surface area contributed by atoms with E-state index in [1.54, 1.807) is 24.3 Å². The average Bonchev–Trinajstić information content (AvgIpc) is 2.53. The van der Waals surface area contributed by atoms with Crippen LogP contribution in [0.2, 0.25) is 5.02 Å². The van der Waals surface area contributed by atoms with Crippen molar-refractivity contribution in [2.24, 2.45) is 0 Å². The summed E-state index contributed by atoms with van der Waals surface area (Å²) in [7, 11) is -3.59. The van der Waals surface area contributed by atoms with Gasteiger partial charge in [-0.3, -0.25) is 4.72 Å². The number of benzene rings is 2. The maximum Gasteiger partial charge on any atom is 0.261 e. The van der Waals surface area contributed by atoms with Crippen LogP contribution in [-0.2, 0) is 16.4 Å². The molecule has 0 saturated carbocycles. The lowest BCUT2D eigenvalue weighted by atomic mass is 10.1. The molecule has 0 radical (unpaired) electrons. The molecule has 0 saturated heterocycles. The van der Waals surface area contributed by atoms with Gasteiger partial charge in [0, 0.05) is 10.7 Å². The van der Waals surface area contributed by atoms with Crippen molar-refractivity contribution in [2.45, 2.75) is 24.7 Å². The molecule has 0 unspecified atom stereocenters. The first-order valence-corrected chi connectivity index (χ1v) is 9.45. The molecule has 0 fully saturated rings. The van der Waals surface area contributed by atoms with Crippen LogP contribution in [0.3, 0.4) is 0 Å². The van der Waals surface area contributed by atoms with Crippen molar-refractivity contribution in [1.82, 2.24) is 5.32 Å². The van der Waals surface area contributed by atoms with Gasteiger partial charge in [-0.2, -0.15) is 0 Å². The maximum absolute atomic E-state index is 12.3. The second-order valence-electron chi connectivity index (χ2n) is 5.26. The molecule has 0 aliphatic heterocycles. The van der Waals surface area contributed by atoms with E-state index in [1.165, 1.54) is 17.7 Å². The minimum absolute atomic E-state index is 0.190. The van der Waals surface area contributed by atoms with E-state index in [0.717, 1.165) is 25.9 Å². The van der Waals surface area contributed by atoms with Crippen molar-refractivity contribution < 1.29 is 8.42 Å². The average molecular weight is 353 g/mol. The number of halogens is 1. The van der Waals surface area contributed by atoms with Gasteiger partial charge in [0.2, 0.25) is 0 Å². The van der Waals surface area contributed by atoms with Gasteiger partial charge in [-0.1, -0.05) is 30.7 Å². The summed E-state index contributed by atoms with van der Waals surface area (Å²) in [6.07, 6.45) is 2.04. The predicted octanol–water partition coefficient (Wildman–Crippen LogP) is 3.68. The molecule has 0 atom stereocenters. The van der Waals surface area contributed by atoms with Crippen LogP contribution in [0, 0.1) is 0 Å². The third kappa shape index (κ3) is 5.53. The Bertz CT molecular complexity index is 713. The standard InChI is InChI=1S/C17H21ClN2O2S/c1-2-12-19-13-11-14-3-7-16(8-4-14)20-23(21,22)17-9-5-15(18)6-10-17/h3-10,19-20H,2,11-13H2,1H3. The van der Waals surface area contributed by atoms with Gasteiger partial charge in [0.25, 0.3) is 10.0 Å². The first kappa shape index (κ1) is 17.8. The lowest BCUT2D eigenvalue weighted by Crippen LogP contribution is -2.17. The third-order valence-electron chi connectivity index (χ3n) is 3.35. The largest absolute Gasteiger partial charge is 0.316 e. The zero-order chi connectivity index (χ0) is 16.7. The van der Waals surface area contributed by atoms with E-state index in [2.05, 4.69) is 17.0 Å². The molecule has 0 aliphatic carbocycles. The van der Waals surface area contributed by atoms with Crippen molar-refractivity contribution in [2.75, 3.05) is 17.8 Å². The second-order valence-corrected chi connectivity index (χ2v) is 7.38. The van der Waals surface area contributed by atoms with Gasteiger partial charge in [-0.25, -0.2) is 8.42 Å². The molecule has 23 heavy (non-hydrogen) atoms. The zero-order valence-electron chi connectivity index (χ0n) is 13.0. The van der Waals surface area contributed by atoms with E-state index in [1.807, 2.05) is 12.1 Å². The Morgan fingerprint density at radius 1 is 0.957 bits per heavy atom. The van der Waals surface area contributed by atoms with Crippen molar-refractivity contribution in [1.29, 1.82) is 0 Å². The molecule has 0 amide bonds. The fourth-order valence-corrected chi connectivity index (χ4v) is 3.29. The molecule has 4 nitrogen and oxygen atoms in total. The van der Waals surface area contributed by atoms with Crippen molar-refractivity contribution >= 4 is 27.3 Å². The molecule has 124 valence electrons. The van der Waals surface area contributed by atoms with Crippen molar-refractivity contribution in [3.8, 4) is 0 Å². The van der Waals surface area contributed by atoms with E-state index in [-0.39, 0.29) is 4.90 Å². The molecular formula is C17H21ClN2O2S. The predicted molar refractivity (Wildman–Crippen MR) is 95.6 cm³/mol. The Kier molecular flexibility index (Phi) is 6.45. The Morgan fingerprint density at radius 3 is 2.22 bits per heavy atom. The van der Waals surface area contributed by atoms with E-state index in [0.29, 0.717) is 10.7 Å². The van der Waals surface area contributed by atoms with E-state index < -0.39 is 10.0 Å². The fourth-order valence-electron chi connectivity index (χ4n) is 2.10. The zero-order valence-corrected chi connectivity index (χ0v) is 14.6. The summed E-state index contributed by atoms with van der Waals surface area (Å²) in [5, 5.41) is 3.84. The van der Waals surface area contributed by atoms with Crippen molar-refractivity contribution in [3.05, 3.63) is 59.1 Å². The quantitative estimate of drug-likeness (QED) is 0.712. The molecule has 0 spiro atoms. The molecular weight excluding hydrogens is 332 g/mol. The van der Waals surface area contributed by atoms with Crippen LogP contribution in [0.5, 0.6) is 0 Å². The first-order valence-electron chi connectivity index (χ1n) is 7.59. The van der Waals surface area contributed by atoms with Crippen LogP contribution in [-0.4, -0.2) is 21.5 Å². The number of hydrogen-bond acceptors (Lipinski definition) is 3. The molecule has 6 heteroatoms. The fraction of sp³-hybridized carbons (Fsp3) is 0.294. The highest BCUT2D eigenvalue weighted by molar-refractivity contribution is 7.92. The van der Waals surface area contributed by atoms with E-state index in [4.69, 9.17) is 11.6 Å². The summed E-state index contributed by atoms with van der Waals surface area (Å²) < 4.78 is 27.1. The van der Waals surface area contributed by atoms with Gasteiger partial charge < -0.3 is 5.32 Å². The van der Waals surface area contributed by atoms with Gasteiger partial charge in [0.15, 0.2) is 0 Å². The number of hydrogen-bond donors (Lipinski definition) is 2. The Balaban J connectivity index is 1.98. The van der Waals surface area contributed by atoms with Crippen LogP contribution in [0.4, 0.5) is 5.69 Å². The summed E-state index contributed by atoms with van der Waals surface area (Å²) >= 11 is 5.78. The van der Waals surface area contributed by atoms with Gasteiger partial charge in [-0.05, 0) is 67.9 Å². The molecule has 2 aromatic rings. The third-order valence-corrected chi connectivity index (χ3v) is 5.00. The Hall–Kier alpha value is -1.56. The molecule has 2 aromatic carbocycles. The van der Waals surface area contributed by atoms with E-state index in [9.17, 15) is 8.42 Å². The van der Waals surface area contributed by atoms with Gasteiger partial charge in [-0.15, -0.1) is 0 Å². The highest BCUT2D eigenvalue weighted by atomic mass is 35.5. The van der Waals surface area contributed by atoms with Crippen LogP contribution in [0.1, 0.15) is 18.9 Å². The SMILES string of the molecule is CCCNCCc1ccc(NS(=O)(=O)c2ccc(Cl)cc2)cc1. The number of sulfonamides is 1. The number of anilines is 1. The van der Waals surface area contributed by atoms with Crippen LogP contribution in [0.15, 0.2) is 53.4 Å². The first-order chi connectivity index (χ1) is 11.0. The summed E-state index contributed by atoms with van der Waals surface area (Å²) in [6, 6.07) is 13.5. The molecule has 0 bridgehead atoms. The minimum atomic E-state index is -3.59. The van der Waals surface area contributed by atoms with Crippen LogP contribution >= 0.6 is 11.6 Å². The maximum atomic E-state index is 12.3. The number of nitrogens with one attached hydrogen (secondary N) is 2. The highest BCUT2D eigenvalue weighted by Crippen LogP contribution is 2.18.